The van der Waals surface area contributed by atoms with Gasteiger partial charge in [-0.25, -0.2) is 15.0 Å². The minimum absolute atomic E-state index is 0.114. The van der Waals surface area contributed by atoms with Crippen LogP contribution in [0, 0.1) is 0 Å². The first-order valence-corrected chi connectivity index (χ1v) is 11.0. The van der Waals surface area contributed by atoms with Crippen LogP contribution >= 0.6 is 0 Å². The van der Waals surface area contributed by atoms with Gasteiger partial charge in [-0.3, -0.25) is 4.79 Å². The SMILES string of the molecule is O=C(c1nc2ccccc2[nH]1)N1CC(Oc2nc3ccccc3nc2C2CCOCC2)C1. The lowest BCUT2D eigenvalue weighted by molar-refractivity contribution is 0.0140. The Balaban J connectivity index is 1.20. The lowest BCUT2D eigenvalue weighted by Crippen LogP contribution is -2.56. The van der Waals surface area contributed by atoms with Gasteiger partial charge in [-0.15, -0.1) is 0 Å². The Kier molecular flexibility index (Phi) is 4.72. The summed E-state index contributed by atoms with van der Waals surface area (Å²) in [4.78, 5) is 31.8. The maximum atomic E-state index is 12.8. The van der Waals surface area contributed by atoms with Crippen LogP contribution in [0.15, 0.2) is 48.5 Å². The summed E-state index contributed by atoms with van der Waals surface area (Å²) in [6.45, 7) is 2.44. The third kappa shape index (κ3) is 3.46. The molecule has 32 heavy (non-hydrogen) atoms. The van der Waals surface area contributed by atoms with E-state index in [2.05, 4.69) is 9.97 Å². The number of nitrogens with one attached hydrogen (secondary N) is 1. The zero-order valence-corrected chi connectivity index (χ0v) is 17.5. The van der Waals surface area contributed by atoms with E-state index in [9.17, 15) is 4.79 Å². The van der Waals surface area contributed by atoms with E-state index in [1.165, 1.54) is 0 Å². The average molecular weight is 429 g/mol. The fourth-order valence-electron chi connectivity index (χ4n) is 4.36. The molecular formula is C24H23N5O3. The molecule has 0 aliphatic carbocycles. The molecule has 0 radical (unpaired) electrons. The highest BCUT2D eigenvalue weighted by atomic mass is 16.5. The molecule has 1 amide bonds. The number of aromatic nitrogens is 4. The molecule has 8 heteroatoms. The van der Waals surface area contributed by atoms with Crippen molar-refractivity contribution >= 4 is 28.0 Å². The van der Waals surface area contributed by atoms with Crippen molar-refractivity contribution in [3.8, 4) is 5.88 Å². The molecule has 6 rings (SSSR count). The number of rotatable bonds is 4. The zero-order chi connectivity index (χ0) is 21.5. The number of carbonyl (C=O) groups is 1. The zero-order valence-electron chi connectivity index (χ0n) is 17.5. The van der Waals surface area contributed by atoms with Gasteiger partial charge in [0.2, 0.25) is 5.88 Å². The first-order valence-electron chi connectivity index (χ1n) is 11.0. The van der Waals surface area contributed by atoms with Gasteiger partial charge in [0.05, 0.1) is 35.2 Å². The van der Waals surface area contributed by atoms with Gasteiger partial charge < -0.3 is 19.4 Å². The standard InChI is InChI=1S/C24H23N5O3/c30-24(22-26-18-6-2-3-7-19(18)27-22)29-13-16(14-29)32-23-21(15-9-11-31-12-10-15)25-17-5-1-4-8-20(17)28-23/h1-8,15-16H,9-14H2,(H,26,27). The number of para-hydroxylation sites is 4. The third-order valence-electron chi connectivity index (χ3n) is 6.18. The summed E-state index contributed by atoms with van der Waals surface area (Å²) in [5.41, 5.74) is 4.23. The number of aromatic amines is 1. The van der Waals surface area contributed by atoms with Crippen LogP contribution in [0.4, 0.5) is 0 Å². The largest absolute Gasteiger partial charge is 0.469 e. The van der Waals surface area contributed by atoms with Crippen molar-refractivity contribution < 1.29 is 14.3 Å². The van der Waals surface area contributed by atoms with E-state index >= 15 is 0 Å². The average Bonchev–Trinajstić information content (AvgIpc) is 3.25. The van der Waals surface area contributed by atoms with Crippen molar-refractivity contribution in [1.29, 1.82) is 0 Å². The number of nitrogens with zero attached hydrogens (tertiary/aromatic N) is 4. The van der Waals surface area contributed by atoms with Crippen LogP contribution in [0.25, 0.3) is 22.1 Å². The number of carbonyl (C=O) groups excluding carboxylic acids is 1. The predicted octanol–water partition coefficient (Wildman–Crippen LogP) is 3.30. The number of fused-ring (bicyclic) bond motifs is 2. The summed E-state index contributed by atoms with van der Waals surface area (Å²) >= 11 is 0. The van der Waals surface area contributed by atoms with E-state index in [1.54, 1.807) is 4.90 Å². The van der Waals surface area contributed by atoms with Crippen LogP contribution in [0.2, 0.25) is 0 Å². The number of hydrogen-bond acceptors (Lipinski definition) is 6. The summed E-state index contributed by atoms with van der Waals surface area (Å²) in [6.07, 6.45) is 1.70. The van der Waals surface area contributed by atoms with Gasteiger partial charge in [0.1, 0.15) is 11.8 Å². The number of hydrogen-bond donors (Lipinski definition) is 1. The van der Waals surface area contributed by atoms with Gasteiger partial charge >= 0.3 is 0 Å². The van der Waals surface area contributed by atoms with Crippen molar-refractivity contribution in [2.75, 3.05) is 26.3 Å². The van der Waals surface area contributed by atoms with Crippen molar-refractivity contribution in [2.45, 2.75) is 24.9 Å². The third-order valence-corrected chi connectivity index (χ3v) is 6.18. The van der Waals surface area contributed by atoms with Gasteiger partial charge in [-0.05, 0) is 37.1 Å². The normalized spacial score (nSPS) is 17.6. The monoisotopic (exact) mass is 429 g/mol. The van der Waals surface area contributed by atoms with E-state index in [0.29, 0.717) is 24.8 Å². The van der Waals surface area contributed by atoms with E-state index in [-0.39, 0.29) is 17.9 Å². The molecule has 0 atom stereocenters. The Morgan fingerprint density at radius 1 is 0.938 bits per heavy atom. The summed E-state index contributed by atoms with van der Waals surface area (Å²) in [5, 5.41) is 0. The summed E-state index contributed by atoms with van der Waals surface area (Å²) < 4.78 is 11.8. The lowest BCUT2D eigenvalue weighted by atomic mass is 9.96. The minimum atomic E-state index is -0.115. The molecule has 0 unspecified atom stereocenters. The van der Waals surface area contributed by atoms with Crippen LogP contribution in [0.5, 0.6) is 5.88 Å². The number of benzene rings is 2. The fraction of sp³-hybridized carbons (Fsp3) is 0.333. The van der Waals surface area contributed by atoms with Crippen molar-refractivity contribution in [2.24, 2.45) is 0 Å². The Labute approximate surface area is 184 Å². The molecule has 1 N–H and O–H groups in total. The molecule has 2 fully saturated rings. The molecule has 4 aromatic rings. The summed E-state index contributed by atoms with van der Waals surface area (Å²) in [5.74, 6) is 1.09. The fourth-order valence-corrected chi connectivity index (χ4v) is 4.36. The number of ether oxygens (including phenoxy) is 2. The molecule has 2 aromatic carbocycles. The van der Waals surface area contributed by atoms with Gasteiger partial charge in [0.25, 0.3) is 5.91 Å². The van der Waals surface area contributed by atoms with Gasteiger partial charge in [-0.2, -0.15) is 0 Å². The van der Waals surface area contributed by atoms with Crippen LogP contribution < -0.4 is 4.74 Å². The molecule has 162 valence electrons. The molecule has 0 saturated carbocycles. The second-order valence-corrected chi connectivity index (χ2v) is 8.34. The molecule has 4 heterocycles. The summed E-state index contributed by atoms with van der Waals surface area (Å²) in [6, 6.07) is 15.5. The highest BCUT2D eigenvalue weighted by Crippen LogP contribution is 2.33. The molecule has 2 aliphatic heterocycles. The molecule has 0 bridgehead atoms. The van der Waals surface area contributed by atoms with Gasteiger partial charge in [0.15, 0.2) is 5.82 Å². The lowest BCUT2D eigenvalue weighted by Gasteiger charge is -2.38. The number of likely N-dealkylation sites (tertiary alicyclic amines) is 1. The maximum Gasteiger partial charge on any atom is 0.289 e. The minimum Gasteiger partial charge on any atom is -0.469 e. The van der Waals surface area contributed by atoms with Crippen LogP contribution in [0.1, 0.15) is 35.1 Å². The molecule has 2 aliphatic rings. The first kappa shape index (κ1) is 19.2. The molecule has 2 saturated heterocycles. The van der Waals surface area contributed by atoms with Crippen LogP contribution in [-0.4, -0.2) is 63.2 Å². The van der Waals surface area contributed by atoms with Crippen LogP contribution in [0.3, 0.4) is 0 Å². The summed E-state index contributed by atoms with van der Waals surface area (Å²) in [7, 11) is 0. The first-order chi connectivity index (χ1) is 15.7. The highest BCUT2D eigenvalue weighted by Gasteiger charge is 2.35. The maximum absolute atomic E-state index is 12.8. The van der Waals surface area contributed by atoms with Gasteiger partial charge in [0, 0.05) is 19.1 Å². The van der Waals surface area contributed by atoms with E-state index in [1.807, 2.05) is 48.5 Å². The second-order valence-electron chi connectivity index (χ2n) is 8.34. The molecular weight excluding hydrogens is 406 g/mol. The Morgan fingerprint density at radius 3 is 2.38 bits per heavy atom. The molecule has 2 aromatic heterocycles. The number of imidazole rings is 1. The predicted molar refractivity (Wildman–Crippen MR) is 119 cm³/mol. The van der Waals surface area contributed by atoms with Crippen LogP contribution in [-0.2, 0) is 4.74 Å². The van der Waals surface area contributed by atoms with E-state index in [4.69, 9.17) is 19.4 Å². The number of amides is 1. The smallest absolute Gasteiger partial charge is 0.289 e. The second kappa shape index (κ2) is 7.87. The topological polar surface area (TPSA) is 93.2 Å². The van der Waals surface area contributed by atoms with E-state index in [0.717, 1.165) is 53.8 Å². The Hall–Kier alpha value is -3.52. The van der Waals surface area contributed by atoms with Crippen molar-refractivity contribution in [3.63, 3.8) is 0 Å². The number of H-pyrrole nitrogens is 1. The van der Waals surface area contributed by atoms with Gasteiger partial charge in [-0.1, -0.05) is 24.3 Å². The van der Waals surface area contributed by atoms with Crippen molar-refractivity contribution in [1.82, 2.24) is 24.8 Å². The molecule has 8 nitrogen and oxygen atoms in total. The highest BCUT2D eigenvalue weighted by molar-refractivity contribution is 5.94. The van der Waals surface area contributed by atoms with Crippen molar-refractivity contribution in [3.05, 3.63) is 60.0 Å². The molecule has 0 spiro atoms. The van der Waals surface area contributed by atoms with E-state index < -0.39 is 0 Å². The quantitative estimate of drug-likeness (QED) is 0.535. The Bertz CT molecular complexity index is 1260. The Morgan fingerprint density at radius 2 is 1.62 bits per heavy atom.